The van der Waals surface area contributed by atoms with Crippen molar-refractivity contribution in [3.8, 4) is 5.75 Å². The number of methoxy groups -OCH3 is 1. The minimum absolute atomic E-state index is 0.0550. The van der Waals surface area contributed by atoms with Gasteiger partial charge < -0.3 is 14.5 Å². The maximum Gasteiger partial charge on any atom is 0.243 e. The maximum absolute atomic E-state index is 12.8. The van der Waals surface area contributed by atoms with Gasteiger partial charge in [0.2, 0.25) is 15.9 Å². The van der Waals surface area contributed by atoms with Gasteiger partial charge in [-0.3, -0.25) is 9.59 Å². The zero-order chi connectivity index (χ0) is 23.3. The molecule has 0 unspecified atom stereocenters. The molecule has 3 rings (SSSR count). The molecule has 0 radical (unpaired) electrons. The molecule has 1 saturated heterocycles. The highest BCUT2D eigenvalue weighted by Crippen LogP contribution is 2.21. The number of rotatable bonds is 7. The van der Waals surface area contributed by atoms with Gasteiger partial charge in [-0.05, 0) is 49.7 Å². The van der Waals surface area contributed by atoms with Crippen LogP contribution >= 0.6 is 0 Å². The highest BCUT2D eigenvalue weighted by Gasteiger charge is 2.26. The zero-order valence-corrected chi connectivity index (χ0v) is 19.5. The molecule has 1 amide bonds. The van der Waals surface area contributed by atoms with E-state index in [0.717, 1.165) is 28.7 Å². The van der Waals surface area contributed by atoms with Gasteiger partial charge in [-0.1, -0.05) is 12.1 Å². The van der Waals surface area contributed by atoms with Gasteiger partial charge in [-0.25, -0.2) is 8.42 Å². The van der Waals surface area contributed by atoms with Crippen LogP contribution in [0.25, 0.3) is 0 Å². The van der Waals surface area contributed by atoms with E-state index in [9.17, 15) is 18.0 Å². The van der Waals surface area contributed by atoms with Gasteiger partial charge in [0.05, 0.1) is 18.6 Å². The van der Waals surface area contributed by atoms with Crippen LogP contribution in [0.5, 0.6) is 5.75 Å². The molecule has 172 valence electrons. The van der Waals surface area contributed by atoms with Crippen LogP contribution in [0.2, 0.25) is 0 Å². The van der Waals surface area contributed by atoms with Crippen molar-refractivity contribution in [1.82, 2.24) is 9.21 Å². The fraction of sp³-hybridized carbons (Fsp3) is 0.391. The van der Waals surface area contributed by atoms with E-state index in [4.69, 9.17) is 4.74 Å². The van der Waals surface area contributed by atoms with Crippen LogP contribution in [0.1, 0.15) is 23.7 Å². The van der Waals surface area contributed by atoms with Crippen LogP contribution in [0.15, 0.2) is 53.4 Å². The van der Waals surface area contributed by atoms with Crippen molar-refractivity contribution in [1.29, 1.82) is 0 Å². The monoisotopic (exact) mass is 459 g/mol. The van der Waals surface area contributed by atoms with Gasteiger partial charge in [0.15, 0.2) is 5.78 Å². The van der Waals surface area contributed by atoms with E-state index in [2.05, 4.69) is 4.90 Å². The van der Waals surface area contributed by atoms with Crippen LogP contribution in [-0.2, 0) is 14.8 Å². The first-order chi connectivity index (χ1) is 15.2. The third-order valence-electron chi connectivity index (χ3n) is 5.61. The molecule has 1 aliphatic rings. The molecule has 1 aliphatic heterocycles. The molecule has 2 aromatic carbocycles. The molecule has 2 aromatic rings. The lowest BCUT2D eigenvalue weighted by molar-refractivity contribution is -0.131. The van der Waals surface area contributed by atoms with Crippen LogP contribution in [0, 0.1) is 0 Å². The van der Waals surface area contributed by atoms with E-state index in [1.165, 1.54) is 38.2 Å². The number of ether oxygens (including phenoxy) is 1. The summed E-state index contributed by atoms with van der Waals surface area (Å²) in [5, 5.41) is 0. The van der Waals surface area contributed by atoms with Gasteiger partial charge in [0.1, 0.15) is 5.75 Å². The van der Waals surface area contributed by atoms with Crippen LogP contribution in [0.3, 0.4) is 0 Å². The Hall–Kier alpha value is -2.91. The summed E-state index contributed by atoms with van der Waals surface area (Å²) in [5.41, 5.74) is 1.50. The van der Waals surface area contributed by atoms with E-state index in [1.807, 2.05) is 24.3 Å². The fourth-order valence-corrected chi connectivity index (χ4v) is 4.76. The molecule has 0 spiro atoms. The Kier molecular flexibility index (Phi) is 7.52. The Labute approximate surface area is 189 Å². The number of hydrogen-bond donors (Lipinski definition) is 0. The maximum atomic E-state index is 12.8. The third kappa shape index (κ3) is 5.46. The molecule has 0 aliphatic carbocycles. The Morgan fingerprint density at radius 1 is 0.969 bits per heavy atom. The van der Waals surface area contributed by atoms with Crippen molar-refractivity contribution in [3.63, 3.8) is 0 Å². The van der Waals surface area contributed by atoms with Crippen LogP contribution in [-0.4, -0.2) is 76.2 Å². The Morgan fingerprint density at radius 2 is 1.62 bits per heavy atom. The summed E-state index contributed by atoms with van der Waals surface area (Å²) in [6.07, 6.45) is 0.792. The van der Waals surface area contributed by atoms with Crippen molar-refractivity contribution in [2.75, 3.05) is 51.8 Å². The molecule has 32 heavy (non-hydrogen) atoms. The molecule has 0 aromatic heterocycles. The summed E-state index contributed by atoms with van der Waals surface area (Å²) in [5.74, 6) is 0.427. The van der Waals surface area contributed by atoms with E-state index in [-0.39, 0.29) is 23.1 Å². The average molecular weight is 460 g/mol. The number of anilines is 1. The highest BCUT2D eigenvalue weighted by atomic mass is 32.2. The number of sulfonamides is 1. The molecule has 0 saturated carbocycles. The average Bonchev–Trinajstić information content (AvgIpc) is 3.05. The molecule has 0 atom stereocenters. The number of nitrogens with zero attached hydrogens (tertiary/aromatic N) is 3. The smallest absolute Gasteiger partial charge is 0.243 e. The minimum Gasteiger partial charge on any atom is -0.497 e. The number of ketones is 1. The summed E-state index contributed by atoms with van der Waals surface area (Å²) in [6.45, 7) is 3.76. The molecule has 1 fully saturated rings. The quantitative estimate of drug-likeness (QED) is 0.591. The topological polar surface area (TPSA) is 87.2 Å². The number of amides is 1. The molecular weight excluding hydrogens is 430 g/mol. The largest absolute Gasteiger partial charge is 0.497 e. The lowest BCUT2D eigenvalue weighted by atomic mass is 10.2. The fourth-order valence-electron chi connectivity index (χ4n) is 3.64. The second kappa shape index (κ2) is 10.1. The van der Waals surface area contributed by atoms with Crippen molar-refractivity contribution in [3.05, 3.63) is 54.1 Å². The Balaban J connectivity index is 1.61. The number of carbonyl (C=O) groups excluding carboxylic acids is 2. The Morgan fingerprint density at radius 3 is 2.22 bits per heavy atom. The van der Waals surface area contributed by atoms with Crippen molar-refractivity contribution < 1.29 is 22.7 Å². The highest BCUT2D eigenvalue weighted by molar-refractivity contribution is 7.89. The normalized spacial score (nSPS) is 14.9. The van der Waals surface area contributed by atoms with Gasteiger partial charge in [0, 0.05) is 44.5 Å². The first-order valence-corrected chi connectivity index (χ1v) is 11.9. The molecule has 8 nitrogen and oxygen atoms in total. The first-order valence-electron chi connectivity index (χ1n) is 10.5. The summed E-state index contributed by atoms with van der Waals surface area (Å²) in [6, 6.07) is 13.6. The first kappa shape index (κ1) is 23.7. The zero-order valence-electron chi connectivity index (χ0n) is 18.7. The number of likely N-dealkylation sites (N-methyl/N-ethyl adjacent to an activating group) is 1. The standard InChI is InChI=1S/C23H29N3O5S/c1-18(27)19-5-11-22(12-6-19)32(29,30)24(2)17-23(28)26-14-4-13-25(15-16-26)20-7-9-21(31-3)10-8-20/h5-12H,4,13-17H2,1-3H3. The van der Waals surface area contributed by atoms with Gasteiger partial charge in [-0.2, -0.15) is 4.31 Å². The predicted molar refractivity (Wildman–Crippen MR) is 123 cm³/mol. The number of carbonyl (C=O) groups is 2. The van der Waals surface area contributed by atoms with Gasteiger partial charge >= 0.3 is 0 Å². The second-order valence-electron chi connectivity index (χ2n) is 7.76. The summed E-state index contributed by atoms with van der Waals surface area (Å²) in [4.78, 5) is 28.2. The Bertz CT molecular complexity index is 1050. The summed E-state index contributed by atoms with van der Waals surface area (Å²) >= 11 is 0. The van der Waals surface area contributed by atoms with Crippen LogP contribution in [0.4, 0.5) is 5.69 Å². The minimum atomic E-state index is -3.83. The van der Waals surface area contributed by atoms with Crippen LogP contribution < -0.4 is 9.64 Å². The molecule has 9 heteroatoms. The number of hydrogen-bond acceptors (Lipinski definition) is 6. The van der Waals surface area contributed by atoms with Gasteiger partial charge in [0.25, 0.3) is 0 Å². The van der Waals surface area contributed by atoms with Gasteiger partial charge in [-0.15, -0.1) is 0 Å². The van der Waals surface area contributed by atoms with Crippen molar-refractivity contribution in [2.45, 2.75) is 18.2 Å². The van der Waals surface area contributed by atoms with E-state index >= 15 is 0 Å². The number of Topliss-reactive ketones (excluding diaryl/α,β-unsaturated/α-hetero) is 1. The van der Waals surface area contributed by atoms with Crippen molar-refractivity contribution in [2.24, 2.45) is 0 Å². The SMILES string of the molecule is COc1ccc(N2CCCN(C(=O)CN(C)S(=O)(=O)c3ccc(C(C)=O)cc3)CC2)cc1. The molecule has 0 bridgehead atoms. The summed E-state index contributed by atoms with van der Waals surface area (Å²) in [7, 11) is -0.808. The molecular formula is C23H29N3O5S. The number of benzene rings is 2. The third-order valence-corrected chi connectivity index (χ3v) is 7.43. The lowest BCUT2D eigenvalue weighted by Gasteiger charge is -2.25. The lowest BCUT2D eigenvalue weighted by Crippen LogP contribution is -2.42. The van der Waals surface area contributed by atoms with E-state index in [1.54, 1.807) is 12.0 Å². The summed E-state index contributed by atoms with van der Waals surface area (Å²) < 4.78 is 31.9. The predicted octanol–water partition coefficient (Wildman–Crippen LogP) is 2.26. The van der Waals surface area contributed by atoms with E-state index < -0.39 is 10.0 Å². The molecule has 0 N–H and O–H groups in total. The van der Waals surface area contributed by atoms with E-state index in [0.29, 0.717) is 25.2 Å². The van der Waals surface area contributed by atoms with Crippen molar-refractivity contribution >= 4 is 27.4 Å². The molecule has 1 heterocycles. The second-order valence-corrected chi connectivity index (χ2v) is 9.81.